The normalized spacial score (nSPS) is 12.0. The summed E-state index contributed by atoms with van der Waals surface area (Å²) in [6, 6.07) is 16.6. The largest absolute Gasteiger partial charge is 0.291 e. The first kappa shape index (κ1) is 14.8. The van der Waals surface area contributed by atoms with Gasteiger partial charge in [-0.25, -0.2) is 9.67 Å². The van der Waals surface area contributed by atoms with Crippen LogP contribution in [0.3, 0.4) is 0 Å². The van der Waals surface area contributed by atoms with Gasteiger partial charge >= 0.3 is 0 Å². The van der Waals surface area contributed by atoms with Gasteiger partial charge in [0.25, 0.3) is 0 Å². The maximum Gasteiger partial charge on any atom is 0.197 e. The fourth-order valence-electron chi connectivity index (χ4n) is 1.95. The van der Waals surface area contributed by atoms with Crippen molar-refractivity contribution in [2.45, 2.75) is 10.3 Å². The highest BCUT2D eigenvalue weighted by Gasteiger charge is 2.23. The fourth-order valence-corrected chi connectivity index (χ4v) is 3.11. The number of benzene rings is 2. The maximum absolute atomic E-state index is 12.8. The molecule has 0 aliphatic heterocycles. The summed E-state index contributed by atoms with van der Waals surface area (Å²) in [5.74, 6) is -0.0454. The van der Waals surface area contributed by atoms with Gasteiger partial charge in [-0.3, -0.25) is 4.79 Å². The molecule has 1 aromatic heterocycles. The second kappa shape index (κ2) is 6.77. The third kappa shape index (κ3) is 3.37. The first-order valence-electron chi connectivity index (χ1n) is 6.59. The average Bonchev–Trinajstić information content (AvgIpc) is 3.08. The quantitative estimate of drug-likeness (QED) is 0.522. The van der Waals surface area contributed by atoms with Crippen LogP contribution in [0.2, 0.25) is 5.02 Å². The summed E-state index contributed by atoms with van der Waals surface area (Å²) >= 11 is 7.31. The summed E-state index contributed by atoms with van der Waals surface area (Å²) in [6.07, 6.45) is 2.97. The lowest BCUT2D eigenvalue weighted by Crippen LogP contribution is -2.17. The number of hydrogen-bond acceptors (Lipinski definition) is 4. The Balaban J connectivity index is 1.91. The molecule has 0 N–H and O–H groups in total. The summed E-state index contributed by atoms with van der Waals surface area (Å²) in [7, 11) is 0. The van der Waals surface area contributed by atoms with Gasteiger partial charge in [0, 0.05) is 15.5 Å². The van der Waals surface area contributed by atoms with E-state index in [0.29, 0.717) is 10.6 Å². The number of rotatable bonds is 5. The summed E-state index contributed by atoms with van der Waals surface area (Å²) < 4.78 is 1.56. The van der Waals surface area contributed by atoms with Gasteiger partial charge in [0.2, 0.25) is 0 Å². The van der Waals surface area contributed by atoms with Crippen LogP contribution in [-0.4, -0.2) is 20.5 Å². The Morgan fingerprint density at radius 1 is 1.09 bits per heavy atom. The average molecular weight is 330 g/mol. The van der Waals surface area contributed by atoms with E-state index in [2.05, 4.69) is 10.1 Å². The van der Waals surface area contributed by atoms with E-state index in [-0.39, 0.29) is 5.78 Å². The van der Waals surface area contributed by atoms with Crippen LogP contribution in [0.25, 0.3) is 0 Å². The molecular weight excluding hydrogens is 318 g/mol. The molecule has 4 nitrogen and oxygen atoms in total. The summed E-state index contributed by atoms with van der Waals surface area (Å²) in [5.41, 5.74) is 0.591. The third-order valence-electron chi connectivity index (χ3n) is 3.02. The molecule has 1 atom stereocenters. The Morgan fingerprint density at radius 2 is 1.82 bits per heavy atom. The lowest BCUT2D eigenvalue weighted by Gasteiger charge is -2.15. The molecule has 0 fully saturated rings. The predicted molar refractivity (Wildman–Crippen MR) is 87.1 cm³/mol. The van der Waals surface area contributed by atoms with Crippen LogP contribution in [0.1, 0.15) is 15.7 Å². The van der Waals surface area contributed by atoms with E-state index in [0.717, 1.165) is 4.90 Å². The number of halogens is 1. The van der Waals surface area contributed by atoms with Gasteiger partial charge in [-0.15, -0.1) is 0 Å². The summed E-state index contributed by atoms with van der Waals surface area (Å²) in [5, 5.41) is 4.21. The van der Waals surface area contributed by atoms with Gasteiger partial charge < -0.3 is 0 Å². The monoisotopic (exact) mass is 329 g/mol. The number of aromatic nitrogens is 3. The van der Waals surface area contributed by atoms with Gasteiger partial charge in [0.15, 0.2) is 11.2 Å². The molecular formula is C16H12ClN3OS. The summed E-state index contributed by atoms with van der Waals surface area (Å²) in [4.78, 5) is 17.7. The van der Waals surface area contributed by atoms with Gasteiger partial charge in [-0.2, -0.15) is 5.10 Å². The highest BCUT2D eigenvalue weighted by molar-refractivity contribution is 8.00. The van der Waals surface area contributed by atoms with Crippen LogP contribution in [0.15, 0.2) is 72.1 Å². The first-order chi connectivity index (χ1) is 10.7. The number of carbonyl (C=O) groups excluding carboxylic acids is 1. The Morgan fingerprint density at radius 3 is 2.45 bits per heavy atom. The number of ketones is 1. The zero-order chi connectivity index (χ0) is 15.4. The molecule has 110 valence electrons. The Bertz CT molecular complexity index is 745. The topological polar surface area (TPSA) is 47.8 Å². The van der Waals surface area contributed by atoms with E-state index in [1.807, 2.05) is 30.3 Å². The highest BCUT2D eigenvalue weighted by atomic mass is 35.5. The molecule has 0 spiro atoms. The molecule has 1 heterocycles. The van der Waals surface area contributed by atoms with Crippen molar-refractivity contribution < 1.29 is 4.79 Å². The van der Waals surface area contributed by atoms with Crippen molar-refractivity contribution in [3.05, 3.63) is 77.8 Å². The molecule has 0 bridgehead atoms. The van der Waals surface area contributed by atoms with E-state index in [9.17, 15) is 4.79 Å². The standard InChI is InChI=1S/C16H12ClN3OS/c17-13-8-6-12(7-9-13)15(21)16(20-11-18-10-19-20)22-14-4-2-1-3-5-14/h1-11,16H. The predicted octanol–water partition coefficient (Wildman–Crippen LogP) is 4.11. The molecule has 0 aliphatic rings. The number of thioether (sulfide) groups is 1. The Labute approximate surface area is 137 Å². The summed E-state index contributed by atoms with van der Waals surface area (Å²) in [6.45, 7) is 0. The minimum absolute atomic E-state index is 0.0454. The number of carbonyl (C=O) groups is 1. The van der Waals surface area contributed by atoms with Crippen LogP contribution in [-0.2, 0) is 0 Å². The van der Waals surface area contributed by atoms with E-state index in [4.69, 9.17) is 11.6 Å². The molecule has 3 aromatic rings. The molecule has 0 saturated carbocycles. The van der Waals surface area contributed by atoms with Crippen LogP contribution in [0, 0.1) is 0 Å². The SMILES string of the molecule is O=C(c1ccc(Cl)cc1)C(Sc1ccccc1)n1cncn1. The molecule has 0 saturated heterocycles. The molecule has 3 rings (SSSR count). The van der Waals surface area contributed by atoms with E-state index in [1.165, 1.54) is 18.1 Å². The minimum Gasteiger partial charge on any atom is -0.291 e. The molecule has 0 amide bonds. The second-order valence-electron chi connectivity index (χ2n) is 4.53. The van der Waals surface area contributed by atoms with Crippen molar-refractivity contribution in [3.63, 3.8) is 0 Å². The molecule has 22 heavy (non-hydrogen) atoms. The smallest absolute Gasteiger partial charge is 0.197 e. The fraction of sp³-hybridized carbons (Fsp3) is 0.0625. The number of nitrogens with zero attached hydrogens (tertiary/aromatic N) is 3. The lowest BCUT2D eigenvalue weighted by molar-refractivity contribution is 0.0962. The van der Waals surface area contributed by atoms with Crippen molar-refractivity contribution >= 4 is 29.1 Å². The van der Waals surface area contributed by atoms with Crippen molar-refractivity contribution in [2.24, 2.45) is 0 Å². The highest BCUT2D eigenvalue weighted by Crippen LogP contribution is 2.33. The van der Waals surface area contributed by atoms with Crippen molar-refractivity contribution in [1.29, 1.82) is 0 Å². The van der Waals surface area contributed by atoms with Crippen LogP contribution in [0.5, 0.6) is 0 Å². The number of Topliss-reactive ketones (excluding diaryl/α,β-unsaturated/α-hetero) is 1. The van der Waals surface area contributed by atoms with E-state index < -0.39 is 5.37 Å². The molecule has 0 aliphatic carbocycles. The van der Waals surface area contributed by atoms with Gasteiger partial charge in [-0.1, -0.05) is 41.6 Å². The van der Waals surface area contributed by atoms with Gasteiger partial charge in [0.05, 0.1) is 0 Å². The van der Waals surface area contributed by atoms with Crippen molar-refractivity contribution in [3.8, 4) is 0 Å². The van der Waals surface area contributed by atoms with Crippen LogP contribution < -0.4 is 0 Å². The molecule has 2 aromatic carbocycles. The Kier molecular flexibility index (Phi) is 4.56. The van der Waals surface area contributed by atoms with E-state index >= 15 is 0 Å². The van der Waals surface area contributed by atoms with E-state index in [1.54, 1.807) is 35.3 Å². The van der Waals surface area contributed by atoms with Crippen LogP contribution >= 0.6 is 23.4 Å². The zero-order valence-electron chi connectivity index (χ0n) is 11.5. The first-order valence-corrected chi connectivity index (χ1v) is 7.85. The molecule has 1 unspecified atom stereocenters. The second-order valence-corrected chi connectivity index (χ2v) is 6.12. The zero-order valence-corrected chi connectivity index (χ0v) is 13.0. The van der Waals surface area contributed by atoms with Crippen molar-refractivity contribution in [1.82, 2.24) is 14.8 Å². The van der Waals surface area contributed by atoms with Gasteiger partial charge in [0.1, 0.15) is 12.7 Å². The minimum atomic E-state index is -0.508. The van der Waals surface area contributed by atoms with Crippen molar-refractivity contribution in [2.75, 3.05) is 0 Å². The maximum atomic E-state index is 12.8. The molecule has 0 radical (unpaired) electrons. The lowest BCUT2D eigenvalue weighted by atomic mass is 10.1. The molecule has 6 heteroatoms. The Hall–Kier alpha value is -2.11. The van der Waals surface area contributed by atoms with Gasteiger partial charge in [-0.05, 0) is 36.4 Å². The van der Waals surface area contributed by atoms with Crippen LogP contribution in [0.4, 0.5) is 0 Å². The third-order valence-corrected chi connectivity index (χ3v) is 4.47. The number of hydrogen-bond donors (Lipinski definition) is 0.